The van der Waals surface area contributed by atoms with E-state index in [2.05, 4.69) is 5.32 Å². The van der Waals surface area contributed by atoms with Gasteiger partial charge in [0.2, 0.25) is 0 Å². The molecule has 1 N–H and O–H groups in total. The number of non-ortho nitro benzene ring substituents is 1. The zero-order valence-corrected chi connectivity index (χ0v) is 19.8. The van der Waals surface area contributed by atoms with Crippen LogP contribution >= 0.6 is 0 Å². The van der Waals surface area contributed by atoms with E-state index in [1.807, 2.05) is 12.1 Å². The minimum atomic E-state index is -0.705. The number of hydrogen-bond donors (Lipinski definition) is 1. The second kappa shape index (κ2) is 9.98. The van der Waals surface area contributed by atoms with Gasteiger partial charge < -0.3 is 14.8 Å². The molecule has 186 valence electrons. The van der Waals surface area contributed by atoms with Gasteiger partial charge in [0, 0.05) is 23.4 Å². The van der Waals surface area contributed by atoms with Crippen molar-refractivity contribution >= 4 is 23.0 Å². The molecule has 0 aromatic heterocycles. The van der Waals surface area contributed by atoms with E-state index >= 15 is 0 Å². The Balaban J connectivity index is 1.51. The van der Waals surface area contributed by atoms with Crippen molar-refractivity contribution in [1.82, 2.24) is 0 Å². The van der Waals surface area contributed by atoms with E-state index in [1.54, 1.807) is 48.5 Å². The average molecular weight is 499 g/mol. The molecule has 5 rings (SSSR count). The number of carbonyl (C=O) groups excluding carboxylic acids is 1. The number of anilines is 2. The number of halogens is 1. The smallest absolute Gasteiger partial charge is 0.269 e. The SMILES string of the molecule is COc1ccc(C2Nc3ccccc3C(=O)N2c2ccccc2F)cc1COc1ccc([N+](=O)[O-])cc1. The molecular formula is C28H22FN3O5. The van der Waals surface area contributed by atoms with Crippen molar-refractivity contribution in [3.8, 4) is 11.5 Å². The lowest BCUT2D eigenvalue weighted by Crippen LogP contribution is -2.43. The maximum Gasteiger partial charge on any atom is 0.269 e. The Labute approximate surface area is 212 Å². The second-order valence-corrected chi connectivity index (χ2v) is 8.33. The quantitative estimate of drug-likeness (QED) is 0.244. The van der Waals surface area contributed by atoms with E-state index in [9.17, 15) is 19.3 Å². The molecule has 0 spiro atoms. The summed E-state index contributed by atoms with van der Waals surface area (Å²) in [6, 6.07) is 24.4. The molecule has 0 saturated carbocycles. The van der Waals surface area contributed by atoms with Crippen molar-refractivity contribution in [2.75, 3.05) is 17.3 Å². The van der Waals surface area contributed by atoms with E-state index in [0.717, 1.165) is 0 Å². The molecule has 0 radical (unpaired) electrons. The molecule has 1 unspecified atom stereocenters. The molecule has 1 atom stereocenters. The molecule has 0 saturated heterocycles. The number of nitro benzene ring substituents is 1. The Morgan fingerprint density at radius 2 is 1.73 bits per heavy atom. The van der Waals surface area contributed by atoms with Crippen LogP contribution < -0.4 is 19.7 Å². The molecular weight excluding hydrogens is 477 g/mol. The third kappa shape index (κ3) is 4.66. The number of benzene rings is 4. The Morgan fingerprint density at radius 3 is 2.46 bits per heavy atom. The van der Waals surface area contributed by atoms with E-state index in [1.165, 1.54) is 42.3 Å². The Morgan fingerprint density at radius 1 is 1.00 bits per heavy atom. The van der Waals surface area contributed by atoms with Crippen molar-refractivity contribution in [1.29, 1.82) is 0 Å². The number of rotatable bonds is 7. The molecule has 9 heteroatoms. The Bertz CT molecular complexity index is 1480. The fourth-order valence-corrected chi connectivity index (χ4v) is 4.29. The number of ether oxygens (including phenoxy) is 2. The molecule has 8 nitrogen and oxygen atoms in total. The lowest BCUT2D eigenvalue weighted by Gasteiger charge is -2.38. The van der Waals surface area contributed by atoms with Gasteiger partial charge in [-0.1, -0.05) is 30.3 Å². The zero-order chi connectivity index (χ0) is 25.9. The summed E-state index contributed by atoms with van der Waals surface area (Å²) < 4.78 is 26.3. The third-order valence-electron chi connectivity index (χ3n) is 6.10. The summed E-state index contributed by atoms with van der Waals surface area (Å²) in [4.78, 5) is 25.4. The highest BCUT2D eigenvalue weighted by Crippen LogP contribution is 2.38. The van der Waals surface area contributed by atoms with Crippen molar-refractivity contribution in [3.63, 3.8) is 0 Å². The number of methoxy groups -OCH3 is 1. The Hall–Kier alpha value is -4.92. The summed E-state index contributed by atoms with van der Waals surface area (Å²) in [5, 5.41) is 14.3. The second-order valence-electron chi connectivity index (χ2n) is 8.33. The summed E-state index contributed by atoms with van der Waals surface area (Å²) in [5.74, 6) is 0.165. The number of fused-ring (bicyclic) bond motifs is 1. The van der Waals surface area contributed by atoms with E-state index in [0.29, 0.717) is 33.9 Å². The van der Waals surface area contributed by atoms with Crippen molar-refractivity contribution in [3.05, 3.63) is 124 Å². The maximum atomic E-state index is 14.9. The largest absolute Gasteiger partial charge is 0.496 e. The van der Waals surface area contributed by atoms with Crippen LogP contribution in [0.15, 0.2) is 91.0 Å². The van der Waals surface area contributed by atoms with Crippen LogP contribution in [-0.2, 0) is 6.61 Å². The van der Waals surface area contributed by atoms with Gasteiger partial charge in [0.25, 0.3) is 11.6 Å². The molecule has 1 aliphatic heterocycles. The molecule has 0 fully saturated rings. The number of para-hydroxylation sites is 2. The normalized spacial score (nSPS) is 14.5. The number of nitrogens with one attached hydrogen (secondary N) is 1. The van der Waals surface area contributed by atoms with Gasteiger partial charge in [-0.3, -0.25) is 19.8 Å². The molecule has 4 aromatic carbocycles. The van der Waals surface area contributed by atoms with Gasteiger partial charge in [-0.05, 0) is 54.1 Å². The predicted molar refractivity (Wildman–Crippen MR) is 136 cm³/mol. The van der Waals surface area contributed by atoms with Gasteiger partial charge in [-0.15, -0.1) is 0 Å². The van der Waals surface area contributed by atoms with Crippen LogP contribution in [0.4, 0.5) is 21.5 Å². The highest BCUT2D eigenvalue weighted by atomic mass is 19.1. The van der Waals surface area contributed by atoms with Gasteiger partial charge in [-0.25, -0.2) is 4.39 Å². The monoisotopic (exact) mass is 499 g/mol. The topological polar surface area (TPSA) is 93.9 Å². The molecule has 1 amide bonds. The van der Waals surface area contributed by atoms with Crippen molar-refractivity contribution < 1.29 is 23.6 Å². The summed E-state index contributed by atoms with van der Waals surface area (Å²) in [5.41, 5.74) is 2.57. The predicted octanol–water partition coefficient (Wildman–Crippen LogP) is 6.09. The standard InChI is InChI=1S/C28H22FN3O5/c1-36-26-15-10-18(16-19(26)17-37-21-13-11-20(12-14-21)32(34)35)27-30-24-8-4-2-6-22(24)28(33)31(27)25-9-5-3-7-23(25)29/h2-16,27,30H,17H2,1H3. The average Bonchev–Trinajstić information content (AvgIpc) is 2.92. The van der Waals surface area contributed by atoms with Gasteiger partial charge >= 0.3 is 0 Å². The Kier molecular flexibility index (Phi) is 6.42. The number of nitrogens with zero attached hydrogens (tertiary/aromatic N) is 2. The first-order valence-electron chi connectivity index (χ1n) is 11.4. The van der Waals surface area contributed by atoms with Gasteiger partial charge in [0.05, 0.1) is 23.3 Å². The van der Waals surface area contributed by atoms with E-state index in [4.69, 9.17) is 9.47 Å². The van der Waals surface area contributed by atoms with Gasteiger partial charge in [0.15, 0.2) is 0 Å². The lowest BCUT2D eigenvalue weighted by atomic mass is 10.0. The maximum absolute atomic E-state index is 14.9. The highest BCUT2D eigenvalue weighted by Gasteiger charge is 2.35. The number of nitro groups is 1. The number of amides is 1. The van der Waals surface area contributed by atoms with Crippen molar-refractivity contribution in [2.45, 2.75) is 12.8 Å². The highest BCUT2D eigenvalue weighted by molar-refractivity contribution is 6.12. The van der Waals surface area contributed by atoms with Crippen LogP contribution in [0.3, 0.4) is 0 Å². The molecule has 0 aliphatic carbocycles. The van der Waals surface area contributed by atoms with Crippen LogP contribution in [0.1, 0.15) is 27.7 Å². The zero-order valence-electron chi connectivity index (χ0n) is 19.8. The molecule has 37 heavy (non-hydrogen) atoms. The van der Waals surface area contributed by atoms with Crippen LogP contribution in [-0.4, -0.2) is 17.9 Å². The van der Waals surface area contributed by atoms with Gasteiger partial charge in [-0.2, -0.15) is 0 Å². The summed E-state index contributed by atoms with van der Waals surface area (Å²) in [6.07, 6.45) is -0.705. The fraction of sp³-hybridized carbons (Fsp3) is 0.107. The first-order chi connectivity index (χ1) is 18.0. The number of carbonyl (C=O) groups is 1. The van der Waals surface area contributed by atoms with Crippen LogP contribution in [0.5, 0.6) is 11.5 Å². The van der Waals surface area contributed by atoms with Crippen molar-refractivity contribution in [2.24, 2.45) is 0 Å². The van der Waals surface area contributed by atoms with E-state index < -0.39 is 16.9 Å². The molecule has 0 bridgehead atoms. The minimum absolute atomic E-state index is 0.0338. The molecule has 4 aromatic rings. The van der Waals surface area contributed by atoms with Crippen LogP contribution in [0.2, 0.25) is 0 Å². The minimum Gasteiger partial charge on any atom is -0.496 e. The summed E-state index contributed by atoms with van der Waals surface area (Å²) >= 11 is 0. The number of hydrogen-bond acceptors (Lipinski definition) is 6. The first-order valence-corrected chi connectivity index (χ1v) is 11.4. The summed E-state index contributed by atoms with van der Waals surface area (Å²) in [7, 11) is 1.54. The fourth-order valence-electron chi connectivity index (χ4n) is 4.29. The van der Waals surface area contributed by atoms with Crippen LogP contribution in [0, 0.1) is 15.9 Å². The molecule has 1 aliphatic rings. The van der Waals surface area contributed by atoms with E-state index in [-0.39, 0.29) is 23.9 Å². The third-order valence-corrected chi connectivity index (χ3v) is 6.10. The van der Waals surface area contributed by atoms with Crippen LogP contribution in [0.25, 0.3) is 0 Å². The first kappa shape index (κ1) is 23.8. The van der Waals surface area contributed by atoms with Gasteiger partial charge in [0.1, 0.15) is 30.1 Å². The molecule has 1 heterocycles. The summed E-state index contributed by atoms with van der Waals surface area (Å²) in [6.45, 7) is 0.103. The lowest BCUT2D eigenvalue weighted by molar-refractivity contribution is -0.384.